The third-order valence-corrected chi connectivity index (χ3v) is 1.75. The van der Waals surface area contributed by atoms with Gasteiger partial charge in [-0.1, -0.05) is 6.07 Å². The third-order valence-electron chi connectivity index (χ3n) is 1.75. The van der Waals surface area contributed by atoms with Crippen molar-refractivity contribution in [3.8, 4) is 5.75 Å². The normalized spacial score (nSPS) is 11.5. The lowest BCUT2D eigenvalue weighted by molar-refractivity contribution is -0.115. The van der Waals surface area contributed by atoms with Gasteiger partial charge in [-0.05, 0) is 6.07 Å². The number of benzene rings is 1. The molecule has 0 aliphatic carbocycles. The predicted octanol–water partition coefficient (Wildman–Crippen LogP) is 1.86. The topological polar surface area (TPSA) is 52.5 Å². The van der Waals surface area contributed by atoms with Crippen molar-refractivity contribution in [3.05, 3.63) is 23.8 Å². The molecule has 1 rings (SSSR count). The molecule has 0 radical (unpaired) electrons. The average molecular weight is 221 g/mol. The molecule has 3 nitrogen and oxygen atoms in total. The molecule has 0 heterocycles. The Morgan fingerprint density at radius 1 is 1.27 bits per heavy atom. The largest absolute Gasteiger partial charge is 0.508 e. The van der Waals surface area contributed by atoms with Crippen molar-refractivity contribution in [2.45, 2.75) is 12.8 Å². The Balaban J connectivity index is 2.68. The van der Waals surface area contributed by atoms with Crippen LogP contribution in [-0.4, -0.2) is 22.9 Å². The second-order valence-corrected chi connectivity index (χ2v) is 2.97. The lowest BCUT2D eigenvalue weighted by atomic mass is 10.2. The van der Waals surface area contributed by atoms with E-state index in [1.165, 1.54) is 12.1 Å². The molecule has 0 atom stereocenters. The number of phenols is 1. The Labute approximate surface area is 84.2 Å². The predicted molar refractivity (Wildman–Crippen MR) is 48.6 cm³/mol. The highest BCUT2D eigenvalue weighted by molar-refractivity contribution is 5.51. The second-order valence-electron chi connectivity index (χ2n) is 2.97. The molecule has 0 aliphatic rings. The van der Waals surface area contributed by atoms with E-state index < -0.39 is 12.7 Å². The van der Waals surface area contributed by atoms with Crippen LogP contribution < -0.4 is 5.32 Å². The van der Waals surface area contributed by atoms with Gasteiger partial charge in [-0.25, -0.2) is 0 Å². The summed E-state index contributed by atoms with van der Waals surface area (Å²) in [5.74, 6) is -0.232. The van der Waals surface area contributed by atoms with E-state index in [1.54, 1.807) is 0 Å². The van der Waals surface area contributed by atoms with E-state index in [2.05, 4.69) is 5.32 Å². The Kier molecular flexibility index (Phi) is 3.41. The molecule has 0 fully saturated rings. The monoisotopic (exact) mass is 221 g/mol. The Morgan fingerprint density at radius 3 is 2.40 bits per heavy atom. The number of halogens is 3. The van der Waals surface area contributed by atoms with E-state index in [-0.39, 0.29) is 23.6 Å². The van der Waals surface area contributed by atoms with Crippen LogP contribution >= 0.6 is 0 Å². The number of anilines is 1. The minimum Gasteiger partial charge on any atom is -0.508 e. The SMILES string of the molecule is OCc1ccc(NCC(F)(F)F)cc1O. The van der Waals surface area contributed by atoms with Gasteiger partial charge in [0.15, 0.2) is 0 Å². The molecule has 1 aromatic rings. The van der Waals surface area contributed by atoms with E-state index >= 15 is 0 Å². The van der Waals surface area contributed by atoms with E-state index in [1.807, 2.05) is 0 Å². The molecule has 1 aromatic carbocycles. The zero-order valence-electron chi connectivity index (χ0n) is 7.67. The number of nitrogens with one attached hydrogen (secondary N) is 1. The highest BCUT2D eigenvalue weighted by Crippen LogP contribution is 2.23. The number of aliphatic hydroxyl groups excluding tert-OH is 1. The van der Waals surface area contributed by atoms with Crippen LogP contribution in [0, 0.1) is 0 Å². The molecule has 0 amide bonds. The molecule has 0 saturated heterocycles. The molecule has 0 bridgehead atoms. The maximum absolute atomic E-state index is 11.8. The van der Waals surface area contributed by atoms with Crippen LogP contribution in [0.2, 0.25) is 0 Å². The quantitative estimate of drug-likeness (QED) is 0.730. The van der Waals surface area contributed by atoms with E-state index in [0.29, 0.717) is 0 Å². The molecular weight excluding hydrogens is 211 g/mol. The summed E-state index contributed by atoms with van der Waals surface area (Å²) in [5.41, 5.74) is 0.426. The van der Waals surface area contributed by atoms with Crippen LogP contribution in [0.4, 0.5) is 18.9 Å². The summed E-state index contributed by atoms with van der Waals surface area (Å²) >= 11 is 0. The maximum atomic E-state index is 11.8. The first-order valence-electron chi connectivity index (χ1n) is 4.16. The summed E-state index contributed by atoms with van der Waals surface area (Å²) in [6, 6.07) is 3.85. The van der Waals surface area contributed by atoms with Crippen molar-refractivity contribution in [1.82, 2.24) is 0 Å². The van der Waals surface area contributed by atoms with Crippen molar-refractivity contribution < 1.29 is 23.4 Å². The van der Waals surface area contributed by atoms with Gasteiger partial charge in [0, 0.05) is 17.3 Å². The van der Waals surface area contributed by atoms with Crippen LogP contribution in [0.5, 0.6) is 5.75 Å². The lowest BCUT2D eigenvalue weighted by Gasteiger charge is -2.10. The fraction of sp³-hybridized carbons (Fsp3) is 0.333. The molecular formula is C9H10F3NO2. The van der Waals surface area contributed by atoms with Crippen LogP contribution in [0.1, 0.15) is 5.56 Å². The van der Waals surface area contributed by atoms with Gasteiger partial charge < -0.3 is 15.5 Å². The maximum Gasteiger partial charge on any atom is 0.405 e. The molecule has 84 valence electrons. The number of hydrogen-bond donors (Lipinski definition) is 3. The second kappa shape index (κ2) is 4.39. The number of hydrogen-bond acceptors (Lipinski definition) is 3. The van der Waals surface area contributed by atoms with E-state index in [0.717, 1.165) is 6.07 Å². The summed E-state index contributed by atoms with van der Waals surface area (Å²) in [4.78, 5) is 0. The Bertz CT molecular complexity index is 339. The summed E-state index contributed by atoms with van der Waals surface area (Å²) in [6.07, 6.45) is -4.30. The first-order chi connectivity index (χ1) is 6.92. The van der Waals surface area contributed by atoms with Crippen molar-refractivity contribution in [3.63, 3.8) is 0 Å². The molecule has 0 spiro atoms. The van der Waals surface area contributed by atoms with Crippen molar-refractivity contribution in [2.75, 3.05) is 11.9 Å². The highest BCUT2D eigenvalue weighted by Gasteiger charge is 2.26. The first kappa shape index (κ1) is 11.6. The van der Waals surface area contributed by atoms with Crippen LogP contribution in [0.3, 0.4) is 0 Å². The number of alkyl halides is 3. The van der Waals surface area contributed by atoms with Gasteiger partial charge in [-0.15, -0.1) is 0 Å². The number of rotatable bonds is 3. The molecule has 6 heteroatoms. The summed E-state index contributed by atoms with van der Waals surface area (Å²) in [6.45, 7) is -1.52. The average Bonchev–Trinajstić information content (AvgIpc) is 2.14. The van der Waals surface area contributed by atoms with Crippen LogP contribution in [0.25, 0.3) is 0 Å². The van der Waals surface area contributed by atoms with Crippen LogP contribution in [-0.2, 0) is 6.61 Å². The summed E-state index contributed by atoms with van der Waals surface area (Å²) in [7, 11) is 0. The van der Waals surface area contributed by atoms with Gasteiger partial charge in [0.05, 0.1) is 6.61 Å². The molecule has 0 aromatic heterocycles. The summed E-state index contributed by atoms with van der Waals surface area (Å²) in [5, 5.41) is 20.1. The zero-order valence-corrected chi connectivity index (χ0v) is 7.67. The lowest BCUT2D eigenvalue weighted by Crippen LogP contribution is -2.21. The van der Waals surface area contributed by atoms with Crippen LogP contribution in [0.15, 0.2) is 18.2 Å². The standard InChI is InChI=1S/C9H10F3NO2/c10-9(11,12)5-13-7-2-1-6(4-14)8(15)3-7/h1-3,13-15H,4-5H2. The first-order valence-corrected chi connectivity index (χ1v) is 4.16. The van der Waals surface area contributed by atoms with Crippen molar-refractivity contribution >= 4 is 5.69 Å². The fourth-order valence-corrected chi connectivity index (χ4v) is 1.01. The molecule has 0 saturated carbocycles. The van der Waals surface area contributed by atoms with Gasteiger partial charge >= 0.3 is 6.18 Å². The molecule has 3 N–H and O–H groups in total. The van der Waals surface area contributed by atoms with E-state index in [9.17, 15) is 18.3 Å². The minimum absolute atomic E-state index is 0.155. The van der Waals surface area contributed by atoms with E-state index in [4.69, 9.17) is 5.11 Å². The fourth-order valence-electron chi connectivity index (χ4n) is 1.01. The zero-order chi connectivity index (χ0) is 11.5. The van der Waals surface area contributed by atoms with Gasteiger partial charge in [-0.3, -0.25) is 0 Å². The molecule has 15 heavy (non-hydrogen) atoms. The van der Waals surface area contributed by atoms with Gasteiger partial charge in [-0.2, -0.15) is 13.2 Å². The number of aliphatic hydroxyl groups is 1. The van der Waals surface area contributed by atoms with Gasteiger partial charge in [0.25, 0.3) is 0 Å². The Morgan fingerprint density at radius 2 is 1.93 bits per heavy atom. The third kappa shape index (κ3) is 3.67. The molecule has 0 unspecified atom stereocenters. The van der Waals surface area contributed by atoms with Crippen molar-refractivity contribution in [1.29, 1.82) is 0 Å². The van der Waals surface area contributed by atoms with Gasteiger partial charge in [0.2, 0.25) is 0 Å². The van der Waals surface area contributed by atoms with Gasteiger partial charge in [0.1, 0.15) is 12.3 Å². The minimum atomic E-state index is -4.30. The Hall–Kier alpha value is -1.43. The number of aromatic hydroxyl groups is 1. The van der Waals surface area contributed by atoms with Crippen molar-refractivity contribution in [2.24, 2.45) is 0 Å². The molecule has 0 aliphatic heterocycles. The smallest absolute Gasteiger partial charge is 0.405 e. The highest BCUT2D eigenvalue weighted by atomic mass is 19.4. The summed E-state index contributed by atoms with van der Waals surface area (Å²) < 4.78 is 35.5.